The van der Waals surface area contributed by atoms with Crippen molar-refractivity contribution < 1.29 is 13.2 Å². The minimum Gasteiger partial charge on any atom is -0.314 e. The molecule has 0 aliphatic carbocycles. The lowest BCUT2D eigenvalue weighted by molar-refractivity contribution is -0.148. The zero-order valence-corrected chi connectivity index (χ0v) is 9.95. The summed E-state index contributed by atoms with van der Waals surface area (Å²) in [5.74, 6) is 0. The van der Waals surface area contributed by atoms with Crippen LogP contribution < -0.4 is 5.32 Å². The molecule has 0 radical (unpaired) electrons. The van der Waals surface area contributed by atoms with E-state index in [1.807, 2.05) is 4.90 Å². The molecular weight excluding hydrogens is 243 g/mol. The monoisotopic (exact) mass is 259 g/mol. The Labute approximate surface area is 104 Å². The van der Waals surface area contributed by atoms with Gasteiger partial charge in [-0.05, 0) is 17.7 Å². The molecule has 3 nitrogen and oxygen atoms in total. The van der Waals surface area contributed by atoms with Gasteiger partial charge in [0.1, 0.15) is 0 Å². The minimum absolute atomic E-state index is 0.602. The summed E-state index contributed by atoms with van der Waals surface area (Å²) < 4.78 is 38.1. The van der Waals surface area contributed by atoms with Crippen LogP contribution in [0.1, 0.15) is 18.0 Å². The van der Waals surface area contributed by atoms with Gasteiger partial charge in [0.05, 0.1) is 6.42 Å². The van der Waals surface area contributed by atoms with Crippen molar-refractivity contribution in [2.45, 2.75) is 18.6 Å². The maximum Gasteiger partial charge on any atom is 0.390 e. The van der Waals surface area contributed by atoms with Gasteiger partial charge in [0, 0.05) is 44.6 Å². The highest BCUT2D eigenvalue weighted by Gasteiger charge is 2.35. The molecule has 0 spiro atoms. The van der Waals surface area contributed by atoms with E-state index in [0.29, 0.717) is 18.7 Å². The number of halogens is 3. The number of pyridine rings is 1. The molecular formula is C12H16F3N3. The van der Waals surface area contributed by atoms with Gasteiger partial charge in [-0.2, -0.15) is 13.2 Å². The van der Waals surface area contributed by atoms with E-state index in [1.165, 1.54) is 0 Å². The van der Waals surface area contributed by atoms with Crippen LogP contribution in [0.15, 0.2) is 24.5 Å². The largest absolute Gasteiger partial charge is 0.390 e. The van der Waals surface area contributed by atoms with Gasteiger partial charge in [-0.25, -0.2) is 0 Å². The molecule has 0 aromatic carbocycles. The van der Waals surface area contributed by atoms with Crippen LogP contribution in [0.5, 0.6) is 0 Å². The lowest BCUT2D eigenvalue weighted by atomic mass is 10.0. The Morgan fingerprint density at radius 3 is 2.39 bits per heavy atom. The first kappa shape index (κ1) is 13.3. The number of aromatic nitrogens is 1. The van der Waals surface area contributed by atoms with Gasteiger partial charge in [-0.15, -0.1) is 0 Å². The predicted molar refractivity (Wildman–Crippen MR) is 62.1 cm³/mol. The number of nitrogens with one attached hydrogen (secondary N) is 1. The molecule has 1 saturated heterocycles. The molecule has 2 heterocycles. The van der Waals surface area contributed by atoms with Gasteiger partial charge in [0.25, 0.3) is 0 Å². The molecule has 18 heavy (non-hydrogen) atoms. The second-order valence-electron chi connectivity index (χ2n) is 4.40. The molecule has 1 aliphatic heterocycles. The van der Waals surface area contributed by atoms with Crippen LogP contribution in [0.25, 0.3) is 0 Å². The van der Waals surface area contributed by atoms with Crippen LogP contribution in [-0.4, -0.2) is 42.2 Å². The van der Waals surface area contributed by atoms with Crippen molar-refractivity contribution in [1.29, 1.82) is 0 Å². The first-order chi connectivity index (χ1) is 8.56. The lowest BCUT2D eigenvalue weighted by Crippen LogP contribution is -2.46. The highest BCUT2D eigenvalue weighted by Crippen LogP contribution is 2.33. The normalized spacial score (nSPS) is 19.7. The minimum atomic E-state index is -4.15. The number of hydrogen-bond acceptors (Lipinski definition) is 3. The van der Waals surface area contributed by atoms with Crippen molar-refractivity contribution in [1.82, 2.24) is 15.2 Å². The van der Waals surface area contributed by atoms with Gasteiger partial charge in [0.2, 0.25) is 0 Å². The van der Waals surface area contributed by atoms with Crippen LogP contribution in [0.4, 0.5) is 13.2 Å². The zero-order valence-electron chi connectivity index (χ0n) is 9.95. The van der Waals surface area contributed by atoms with Gasteiger partial charge in [-0.1, -0.05) is 0 Å². The number of piperazine rings is 1. The van der Waals surface area contributed by atoms with Gasteiger partial charge >= 0.3 is 6.18 Å². The molecule has 0 saturated carbocycles. The Hall–Kier alpha value is -1.14. The summed E-state index contributed by atoms with van der Waals surface area (Å²) in [4.78, 5) is 5.75. The van der Waals surface area contributed by atoms with Gasteiger partial charge < -0.3 is 5.32 Å². The summed E-state index contributed by atoms with van der Waals surface area (Å²) in [5, 5.41) is 3.15. The molecule has 100 valence electrons. The Bertz CT molecular complexity index is 361. The van der Waals surface area contributed by atoms with E-state index in [0.717, 1.165) is 13.1 Å². The third-order valence-electron chi connectivity index (χ3n) is 3.11. The third kappa shape index (κ3) is 3.68. The maximum absolute atomic E-state index is 12.7. The molecule has 0 unspecified atom stereocenters. The molecule has 0 amide bonds. The Balaban J connectivity index is 2.17. The molecule has 0 bridgehead atoms. The van der Waals surface area contributed by atoms with Gasteiger partial charge in [0.15, 0.2) is 0 Å². The van der Waals surface area contributed by atoms with Gasteiger partial charge in [-0.3, -0.25) is 9.88 Å². The summed E-state index contributed by atoms with van der Waals surface area (Å²) in [5.41, 5.74) is 0.684. The smallest absolute Gasteiger partial charge is 0.314 e. The fraction of sp³-hybridized carbons (Fsp3) is 0.583. The first-order valence-electron chi connectivity index (χ1n) is 5.98. The number of hydrogen-bond donors (Lipinski definition) is 1. The van der Waals surface area contributed by atoms with Crippen LogP contribution >= 0.6 is 0 Å². The fourth-order valence-corrected chi connectivity index (χ4v) is 2.26. The van der Waals surface area contributed by atoms with E-state index in [-0.39, 0.29) is 0 Å². The average molecular weight is 259 g/mol. The molecule has 1 fully saturated rings. The molecule has 1 atom stereocenters. The fourth-order valence-electron chi connectivity index (χ4n) is 2.26. The van der Waals surface area contributed by atoms with Crippen molar-refractivity contribution >= 4 is 0 Å². The van der Waals surface area contributed by atoms with Crippen molar-refractivity contribution in [3.8, 4) is 0 Å². The summed E-state index contributed by atoms with van der Waals surface area (Å²) in [6.07, 6.45) is -1.88. The molecule has 6 heteroatoms. The number of alkyl halides is 3. The Kier molecular flexibility index (Phi) is 4.19. The molecule has 2 rings (SSSR count). The Morgan fingerprint density at radius 1 is 1.22 bits per heavy atom. The van der Waals surface area contributed by atoms with Crippen LogP contribution in [-0.2, 0) is 0 Å². The third-order valence-corrected chi connectivity index (χ3v) is 3.11. The number of rotatable bonds is 3. The second-order valence-corrected chi connectivity index (χ2v) is 4.40. The van der Waals surface area contributed by atoms with Crippen molar-refractivity contribution in [2.75, 3.05) is 26.2 Å². The predicted octanol–water partition coefficient (Wildman–Crippen LogP) is 1.98. The van der Waals surface area contributed by atoms with E-state index in [2.05, 4.69) is 10.3 Å². The van der Waals surface area contributed by atoms with Crippen molar-refractivity contribution in [3.05, 3.63) is 30.1 Å². The number of nitrogens with zero attached hydrogens (tertiary/aromatic N) is 2. The van der Waals surface area contributed by atoms with Crippen LogP contribution in [0.3, 0.4) is 0 Å². The van der Waals surface area contributed by atoms with E-state index in [9.17, 15) is 13.2 Å². The molecule has 1 N–H and O–H groups in total. The van der Waals surface area contributed by atoms with E-state index in [1.54, 1.807) is 24.5 Å². The zero-order chi connectivity index (χ0) is 13.0. The topological polar surface area (TPSA) is 28.2 Å². The highest BCUT2D eigenvalue weighted by molar-refractivity contribution is 5.16. The maximum atomic E-state index is 12.7. The van der Waals surface area contributed by atoms with E-state index >= 15 is 0 Å². The lowest BCUT2D eigenvalue weighted by Gasteiger charge is -2.35. The quantitative estimate of drug-likeness (QED) is 0.899. The standard InChI is InChI=1S/C12H16F3N3/c13-12(14,15)9-11(10-1-3-16-4-2-10)18-7-5-17-6-8-18/h1-4,11,17H,5-9H2/t11-/m1/s1. The van der Waals surface area contributed by atoms with Crippen LogP contribution in [0.2, 0.25) is 0 Å². The summed E-state index contributed by atoms with van der Waals surface area (Å²) in [6.45, 7) is 2.75. The SMILES string of the molecule is FC(F)(F)C[C@H](c1ccncc1)N1CCNCC1. The highest BCUT2D eigenvalue weighted by atomic mass is 19.4. The van der Waals surface area contributed by atoms with Crippen molar-refractivity contribution in [2.24, 2.45) is 0 Å². The average Bonchev–Trinajstić information content (AvgIpc) is 2.37. The van der Waals surface area contributed by atoms with Crippen molar-refractivity contribution in [3.63, 3.8) is 0 Å². The summed E-state index contributed by atoms with van der Waals surface area (Å²) in [7, 11) is 0. The molecule has 1 aliphatic rings. The first-order valence-corrected chi connectivity index (χ1v) is 5.98. The second kappa shape index (κ2) is 5.67. The molecule has 1 aromatic rings. The van der Waals surface area contributed by atoms with E-state index < -0.39 is 18.6 Å². The summed E-state index contributed by atoms with van der Waals surface area (Å²) in [6, 6.07) is 2.73. The summed E-state index contributed by atoms with van der Waals surface area (Å²) >= 11 is 0. The molecule has 1 aromatic heterocycles. The van der Waals surface area contributed by atoms with E-state index in [4.69, 9.17) is 0 Å². The van der Waals surface area contributed by atoms with Crippen LogP contribution in [0, 0.1) is 0 Å². The Morgan fingerprint density at radius 2 is 1.83 bits per heavy atom.